The van der Waals surface area contributed by atoms with Crippen molar-refractivity contribution in [3.63, 3.8) is 0 Å². The van der Waals surface area contributed by atoms with Crippen LogP contribution >= 0.6 is 0 Å². The van der Waals surface area contributed by atoms with Crippen molar-refractivity contribution < 1.29 is 0 Å². The van der Waals surface area contributed by atoms with Crippen LogP contribution in [0.2, 0.25) is 0 Å². The van der Waals surface area contributed by atoms with E-state index < -0.39 is 0 Å². The van der Waals surface area contributed by atoms with Crippen molar-refractivity contribution in [3.05, 3.63) is 29.8 Å². The molecule has 0 aromatic heterocycles. The maximum atomic E-state index is 3.92. The molecule has 0 fully saturated rings. The van der Waals surface area contributed by atoms with Crippen LogP contribution in [0.25, 0.3) is 0 Å². The summed E-state index contributed by atoms with van der Waals surface area (Å²) in [6, 6.07) is 8.49. The number of aryl methyl sites for hydroxylation is 1. The normalized spacial score (nSPS) is 10.0. The van der Waals surface area contributed by atoms with E-state index in [1.54, 1.807) is 0 Å². The van der Waals surface area contributed by atoms with E-state index in [1.807, 2.05) is 0 Å². The van der Waals surface area contributed by atoms with Crippen LogP contribution in [0.1, 0.15) is 18.9 Å². The Morgan fingerprint density at radius 3 is 2.60 bits per heavy atom. The summed E-state index contributed by atoms with van der Waals surface area (Å²) in [6.07, 6.45) is 1.16. The molecule has 0 bridgehead atoms. The average molecular weight is 204 g/mol. The first-order chi connectivity index (χ1) is 7.29. The summed E-state index contributed by atoms with van der Waals surface area (Å²) in [6.45, 7) is 10.7. The molecule has 1 rings (SSSR count). The van der Waals surface area contributed by atoms with Crippen LogP contribution in [-0.2, 0) is 0 Å². The number of aliphatic imine (C=N–C) groups is 1. The number of benzene rings is 1. The van der Waals surface area contributed by atoms with E-state index in [-0.39, 0.29) is 0 Å². The molecule has 0 heterocycles. The molecular weight excluding hydrogens is 184 g/mol. The highest BCUT2D eigenvalue weighted by molar-refractivity contribution is 5.52. The third-order valence-electron chi connectivity index (χ3n) is 2.48. The van der Waals surface area contributed by atoms with Gasteiger partial charge >= 0.3 is 0 Å². The largest absolute Gasteiger partial charge is 0.369 e. The molecule has 0 saturated carbocycles. The lowest BCUT2D eigenvalue weighted by Crippen LogP contribution is -2.27. The van der Waals surface area contributed by atoms with Crippen LogP contribution in [0, 0.1) is 6.92 Å². The van der Waals surface area contributed by atoms with E-state index in [2.05, 4.69) is 54.7 Å². The molecule has 1 aromatic carbocycles. The zero-order chi connectivity index (χ0) is 11.1. The SMILES string of the molecule is C=NCCN(CCC)c1ccccc1C. The molecule has 0 N–H and O–H groups in total. The molecule has 0 amide bonds. The molecule has 0 aliphatic heterocycles. The van der Waals surface area contributed by atoms with Gasteiger partial charge in [0.2, 0.25) is 0 Å². The smallest absolute Gasteiger partial charge is 0.0557 e. The third-order valence-corrected chi connectivity index (χ3v) is 2.48. The minimum absolute atomic E-state index is 0.800. The monoisotopic (exact) mass is 204 g/mol. The first-order valence-electron chi connectivity index (χ1n) is 5.52. The lowest BCUT2D eigenvalue weighted by atomic mass is 10.1. The van der Waals surface area contributed by atoms with Crippen molar-refractivity contribution in [3.8, 4) is 0 Å². The van der Waals surface area contributed by atoms with Crippen molar-refractivity contribution in [2.75, 3.05) is 24.5 Å². The first-order valence-corrected chi connectivity index (χ1v) is 5.52. The van der Waals surface area contributed by atoms with Crippen molar-refractivity contribution >= 4 is 12.4 Å². The van der Waals surface area contributed by atoms with Gasteiger partial charge in [0.1, 0.15) is 0 Å². The highest BCUT2D eigenvalue weighted by atomic mass is 15.1. The summed E-state index contributed by atoms with van der Waals surface area (Å²) < 4.78 is 0. The summed E-state index contributed by atoms with van der Waals surface area (Å²) in [5.74, 6) is 0. The van der Waals surface area contributed by atoms with E-state index in [1.165, 1.54) is 11.3 Å². The quantitative estimate of drug-likeness (QED) is 0.650. The van der Waals surface area contributed by atoms with Crippen LogP contribution in [0.3, 0.4) is 0 Å². The molecule has 1 aromatic rings. The molecule has 0 saturated heterocycles. The lowest BCUT2D eigenvalue weighted by Gasteiger charge is -2.25. The number of hydrogen-bond acceptors (Lipinski definition) is 2. The maximum absolute atomic E-state index is 3.92. The summed E-state index contributed by atoms with van der Waals surface area (Å²) in [5, 5.41) is 0. The second kappa shape index (κ2) is 6.23. The zero-order valence-corrected chi connectivity index (χ0v) is 9.74. The highest BCUT2D eigenvalue weighted by Crippen LogP contribution is 2.19. The molecule has 0 aliphatic rings. The number of para-hydroxylation sites is 1. The standard InChI is InChI=1S/C13H20N2/c1-4-10-15(11-9-14-3)13-8-6-5-7-12(13)2/h5-8H,3-4,9-11H2,1-2H3. The Morgan fingerprint density at radius 1 is 1.27 bits per heavy atom. The average Bonchev–Trinajstić information content (AvgIpc) is 2.25. The number of rotatable bonds is 6. The van der Waals surface area contributed by atoms with Gasteiger partial charge in [-0.1, -0.05) is 25.1 Å². The fourth-order valence-corrected chi connectivity index (χ4v) is 1.73. The van der Waals surface area contributed by atoms with Gasteiger partial charge in [0, 0.05) is 18.8 Å². The summed E-state index contributed by atoms with van der Waals surface area (Å²) in [4.78, 5) is 6.30. The molecule has 0 aliphatic carbocycles. The van der Waals surface area contributed by atoms with Gasteiger partial charge in [-0.2, -0.15) is 0 Å². The third kappa shape index (κ3) is 3.39. The predicted molar refractivity (Wildman–Crippen MR) is 68.1 cm³/mol. The summed E-state index contributed by atoms with van der Waals surface area (Å²) in [7, 11) is 0. The van der Waals surface area contributed by atoms with Gasteiger partial charge in [-0.3, -0.25) is 4.99 Å². The Balaban J connectivity index is 2.78. The molecule has 0 atom stereocenters. The molecule has 0 radical (unpaired) electrons. The zero-order valence-electron chi connectivity index (χ0n) is 9.74. The Bertz CT molecular complexity index is 307. The van der Waals surface area contributed by atoms with Gasteiger partial charge in [-0.25, -0.2) is 0 Å². The Morgan fingerprint density at radius 2 is 2.00 bits per heavy atom. The molecule has 2 nitrogen and oxygen atoms in total. The van der Waals surface area contributed by atoms with Crippen LogP contribution in [-0.4, -0.2) is 26.4 Å². The second-order valence-electron chi connectivity index (χ2n) is 3.72. The van der Waals surface area contributed by atoms with Gasteiger partial charge in [0.25, 0.3) is 0 Å². The fourth-order valence-electron chi connectivity index (χ4n) is 1.73. The van der Waals surface area contributed by atoms with Crippen LogP contribution in [0.4, 0.5) is 5.69 Å². The predicted octanol–water partition coefficient (Wildman–Crippen LogP) is 2.91. The van der Waals surface area contributed by atoms with E-state index in [0.29, 0.717) is 0 Å². The highest BCUT2D eigenvalue weighted by Gasteiger charge is 2.06. The van der Waals surface area contributed by atoms with Crippen LogP contribution in [0.15, 0.2) is 29.3 Å². The van der Waals surface area contributed by atoms with Crippen molar-refractivity contribution in [2.24, 2.45) is 4.99 Å². The van der Waals surface area contributed by atoms with Crippen LogP contribution in [0.5, 0.6) is 0 Å². The molecular formula is C13H20N2. The van der Waals surface area contributed by atoms with Gasteiger partial charge in [0.05, 0.1) is 6.54 Å². The van der Waals surface area contributed by atoms with E-state index in [0.717, 1.165) is 26.1 Å². The van der Waals surface area contributed by atoms with Crippen molar-refractivity contribution in [2.45, 2.75) is 20.3 Å². The Labute approximate surface area is 92.6 Å². The van der Waals surface area contributed by atoms with Crippen LogP contribution < -0.4 is 4.90 Å². The molecule has 0 unspecified atom stereocenters. The minimum Gasteiger partial charge on any atom is -0.369 e. The topological polar surface area (TPSA) is 15.6 Å². The summed E-state index contributed by atoms with van der Waals surface area (Å²) in [5.41, 5.74) is 2.65. The molecule has 0 spiro atoms. The molecule has 2 heteroatoms. The number of hydrogen-bond donors (Lipinski definition) is 0. The van der Waals surface area contributed by atoms with Gasteiger partial charge < -0.3 is 4.90 Å². The lowest BCUT2D eigenvalue weighted by molar-refractivity contribution is 0.762. The Hall–Kier alpha value is -1.31. The first kappa shape index (κ1) is 11.8. The number of anilines is 1. The van der Waals surface area contributed by atoms with Gasteiger partial charge in [-0.15, -0.1) is 0 Å². The number of nitrogens with zero attached hydrogens (tertiary/aromatic N) is 2. The minimum atomic E-state index is 0.800. The maximum Gasteiger partial charge on any atom is 0.0557 e. The fraction of sp³-hybridized carbons (Fsp3) is 0.462. The second-order valence-corrected chi connectivity index (χ2v) is 3.72. The van der Waals surface area contributed by atoms with E-state index in [4.69, 9.17) is 0 Å². The van der Waals surface area contributed by atoms with Gasteiger partial charge in [-0.05, 0) is 31.7 Å². The van der Waals surface area contributed by atoms with E-state index >= 15 is 0 Å². The van der Waals surface area contributed by atoms with Crippen molar-refractivity contribution in [1.29, 1.82) is 0 Å². The Kier molecular flexibility index (Phi) is 4.88. The molecule has 82 valence electrons. The van der Waals surface area contributed by atoms with E-state index in [9.17, 15) is 0 Å². The molecule has 15 heavy (non-hydrogen) atoms. The summed E-state index contributed by atoms with van der Waals surface area (Å²) >= 11 is 0. The van der Waals surface area contributed by atoms with Crippen molar-refractivity contribution in [1.82, 2.24) is 0 Å². The van der Waals surface area contributed by atoms with Gasteiger partial charge in [0.15, 0.2) is 0 Å².